The number of benzene rings is 1. The first-order chi connectivity index (χ1) is 11.7. The molecule has 1 saturated heterocycles. The number of piperazine rings is 1. The van der Waals surface area contributed by atoms with Gasteiger partial charge < -0.3 is 20.3 Å². The lowest BCUT2D eigenvalue weighted by molar-refractivity contribution is -0.115. The lowest BCUT2D eigenvalue weighted by atomic mass is 10.1. The van der Waals surface area contributed by atoms with Gasteiger partial charge in [-0.2, -0.15) is 0 Å². The molecule has 1 fully saturated rings. The quantitative estimate of drug-likeness (QED) is 0.875. The molecule has 2 N–H and O–H groups in total. The second kappa shape index (κ2) is 7.79. The van der Waals surface area contributed by atoms with Gasteiger partial charge in [0, 0.05) is 26.2 Å². The normalized spacial score (nSPS) is 14.3. The maximum Gasteiger partial charge on any atom is 0.229 e. The van der Waals surface area contributed by atoms with Crippen molar-refractivity contribution in [2.75, 3.05) is 43.5 Å². The van der Waals surface area contributed by atoms with E-state index < -0.39 is 0 Å². The van der Waals surface area contributed by atoms with Crippen molar-refractivity contribution >= 4 is 17.4 Å². The molecule has 2 heterocycles. The number of anilines is 2. The van der Waals surface area contributed by atoms with E-state index in [1.807, 2.05) is 42.6 Å². The summed E-state index contributed by atoms with van der Waals surface area (Å²) in [7, 11) is 1.61. The van der Waals surface area contributed by atoms with E-state index in [1.54, 1.807) is 7.11 Å². The topological polar surface area (TPSA) is 66.5 Å². The van der Waals surface area contributed by atoms with Gasteiger partial charge in [0.1, 0.15) is 11.6 Å². The highest BCUT2D eigenvalue weighted by molar-refractivity contribution is 5.91. The number of nitrogens with zero attached hydrogens (tertiary/aromatic N) is 2. The molecule has 0 bridgehead atoms. The largest absolute Gasteiger partial charge is 0.497 e. The average molecular weight is 326 g/mol. The van der Waals surface area contributed by atoms with Crippen molar-refractivity contribution in [3.05, 3.63) is 48.2 Å². The molecule has 24 heavy (non-hydrogen) atoms. The second-order valence-corrected chi connectivity index (χ2v) is 5.72. The Kier molecular flexibility index (Phi) is 5.28. The molecular weight excluding hydrogens is 304 g/mol. The Morgan fingerprint density at radius 2 is 2.12 bits per heavy atom. The van der Waals surface area contributed by atoms with Crippen molar-refractivity contribution in [3.8, 4) is 5.75 Å². The number of rotatable bonds is 5. The van der Waals surface area contributed by atoms with E-state index in [1.165, 1.54) is 0 Å². The van der Waals surface area contributed by atoms with Crippen LogP contribution in [0, 0.1) is 0 Å². The van der Waals surface area contributed by atoms with Crippen molar-refractivity contribution in [2.24, 2.45) is 0 Å². The van der Waals surface area contributed by atoms with Crippen LogP contribution in [0.2, 0.25) is 0 Å². The van der Waals surface area contributed by atoms with Gasteiger partial charge in [-0.15, -0.1) is 0 Å². The molecule has 126 valence electrons. The molecule has 1 aromatic carbocycles. The highest BCUT2D eigenvalue weighted by Gasteiger charge is 2.11. The van der Waals surface area contributed by atoms with Gasteiger partial charge >= 0.3 is 0 Å². The summed E-state index contributed by atoms with van der Waals surface area (Å²) in [6.07, 6.45) is 2.10. The highest BCUT2D eigenvalue weighted by atomic mass is 16.5. The van der Waals surface area contributed by atoms with Crippen LogP contribution in [-0.4, -0.2) is 44.2 Å². The van der Waals surface area contributed by atoms with Crippen molar-refractivity contribution in [3.63, 3.8) is 0 Å². The van der Waals surface area contributed by atoms with Crippen LogP contribution in [-0.2, 0) is 11.2 Å². The number of carbonyl (C=O) groups excluding carboxylic acids is 1. The van der Waals surface area contributed by atoms with Crippen molar-refractivity contribution in [1.29, 1.82) is 0 Å². The van der Waals surface area contributed by atoms with Gasteiger partial charge in [0.2, 0.25) is 5.91 Å². The number of aromatic nitrogens is 1. The third-order valence-electron chi connectivity index (χ3n) is 4.00. The lowest BCUT2D eigenvalue weighted by Gasteiger charge is -2.29. The summed E-state index contributed by atoms with van der Waals surface area (Å²) < 4.78 is 5.17. The predicted octanol–water partition coefficient (Wildman–Crippen LogP) is 1.68. The van der Waals surface area contributed by atoms with Crippen molar-refractivity contribution in [1.82, 2.24) is 10.3 Å². The van der Waals surface area contributed by atoms with Crippen molar-refractivity contribution < 1.29 is 9.53 Å². The Labute approximate surface area is 141 Å². The van der Waals surface area contributed by atoms with E-state index in [0.717, 1.165) is 43.2 Å². The third kappa shape index (κ3) is 4.23. The van der Waals surface area contributed by atoms with E-state index in [2.05, 4.69) is 20.5 Å². The fourth-order valence-electron chi connectivity index (χ4n) is 2.72. The van der Waals surface area contributed by atoms with E-state index >= 15 is 0 Å². The number of methoxy groups -OCH3 is 1. The zero-order chi connectivity index (χ0) is 16.8. The summed E-state index contributed by atoms with van der Waals surface area (Å²) in [4.78, 5) is 18.8. The highest BCUT2D eigenvalue weighted by Crippen LogP contribution is 2.16. The number of carbonyl (C=O) groups is 1. The number of nitrogens with one attached hydrogen (secondary N) is 2. The summed E-state index contributed by atoms with van der Waals surface area (Å²) in [5.41, 5.74) is 1.99. The standard InChI is InChI=1S/C18H22N4O2/c1-24-16-4-2-3-14(11-16)12-18(23)21-17-6-5-15(13-20-17)22-9-7-19-8-10-22/h2-6,11,13,19H,7-10,12H2,1H3,(H,20,21,23). The monoisotopic (exact) mass is 326 g/mol. The molecule has 0 atom stereocenters. The predicted molar refractivity (Wildman–Crippen MR) is 94.6 cm³/mol. The van der Waals surface area contributed by atoms with Crippen LogP contribution < -0.4 is 20.3 Å². The molecule has 0 spiro atoms. The van der Waals surface area contributed by atoms with Gasteiger partial charge in [0.15, 0.2) is 0 Å². The molecule has 6 heteroatoms. The zero-order valence-corrected chi connectivity index (χ0v) is 13.8. The minimum absolute atomic E-state index is 0.0920. The van der Waals surface area contributed by atoms with E-state index in [4.69, 9.17) is 4.74 Å². The Morgan fingerprint density at radius 3 is 2.83 bits per heavy atom. The van der Waals surface area contributed by atoms with Gasteiger partial charge in [0.05, 0.1) is 25.4 Å². The number of ether oxygens (including phenoxy) is 1. The summed E-state index contributed by atoms with van der Waals surface area (Å²) in [5, 5.41) is 6.16. The zero-order valence-electron chi connectivity index (χ0n) is 13.8. The lowest BCUT2D eigenvalue weighted by Crippen LogP contribution is -2.43. The Balaban J connectivity index is 1.57. The van der Waals surface area contributed by atoms with Crippen LogP contribution in [0.15, 0.2) is 42.6 Å². The Morgan fingerprint density at radius 1 is 1.29 bits per heavy atom. The average Bonchev–Trinajstić information content (AvgIpc) is 2.63. The SMILES string of the molecule is COc1cccc(CC(=O)Nc2ccc(N3CCNCC3)cn2)c1. The molecular formula is C18H22N4O2. The molecule has 0 unspecified atom stereocenters. The van der Waals surface area contributed by atoms with Crippen molar-refractivity contribution in [2.45, 2.75) is 6.42 Å². The van der Waals surface area contributed by atoms with Gasteiger partial charge in [-0.1, -0.05) is 12.1 Å². The molecule has 1 amide bonds. The molecule has 0 radical (unpaired) electrons. The first kappa shape index (κ1) is 16.3. The van der Waals surface area contributed by atoms with E-state index in [9.17, 15) is 4.79 Å². The van der Waals surface area contributed by atoms with Crippen LogP contribution >= 0.6 is 0 Å². The molecule has 0 aliphatic carbocycles. The minimum atomic E-state index is -0.0920. The minimum Gasteiger partial charge on any atom is -0.497 e. The summed E-state index contributed by atoms with van der Waals surface area (Å²) in [6.45, 7) is 3.92. The fraction of sp³-hybridized carbons (Fsp3) is 0.333. The van der Waals surface area contributed by atoms with Crippen LogP contribution in [0.5, 0.6) is 5.75 Å². The van der Waals surface area contributed by atoms with Crippen LogP contribution in [0.4, 0.5) is 11.5 Å². The molecule has 1 aliphatic heterocycles. The summed E-state index contributed by atoms with van der Waals surface area (Å²) in [5.74, 6) is 1.23. The first-order valence-corrected chi connectivity index (χ1v) is 8.09. The van der Waals surface area contributed by atoms with Gasteiger partial charge in [-0.05, 0) is 29.8 Å². The second-order valence-electron chi connectivity index (χ2n) is 5.72. The number of amides is 1. The molecule has 6 nitrogen and oxygen atoms in total. The van der Waals surface area contributed by atoms with Gasteiger partial charge in [-0.3, -0.25) is 4.79 Å². The molecule has 2 aromatic rings. The number of pyridine rings is 1. The smallest absolute Gasteiger partial charge is 0.229 e. The maximum atomic E-state index is 12.2. The van der Waals surface area contributed by atoms with E-state index in [0.29, 0.717) is 12.2 Å². The number of hydrogen-bond donors (Lipinski definition) is 2. The Bertz CT molecular complexity index is 682. The maximum absolute atomic E-state index is 12.2. The van der Waals surface area contributed by atoms with Crippen LogP contribution in [0.3, 0.4) is 0 Å². The van der Waals surface area contributed by atoms with E-state index in [-0.39, 0.29) is 5.91 Å². The van der Waals surface area contributed by atoms with Crippen LogP contribution in [0.25, 0.3) is 0 Å². The Hall–Kier alpha value is -2.60. The molecule has 3 rings (SSSR count). The van der Waals surface area contributed by atoms with Crippen LogP contribution in [0.1, 0.15) is 5.56 Å². The summed E-state index contributed by atoms with van der Waals surface area (Å²) >= 11 is 0. The summed E-state index contributed by atoms with van der Waals surface area (Å²) in [6, 6.07) is 11.4. The van der Waals surface area contributed by atoms with Gasteiger partial charge in [0.25, 0.3) is 0 Å². The fourth-order valence-corrected chi connectivity index (χ4v) is 2.72. The van der Waals surface area contributed by atoms with Gasteiger partial charge in [-0.25, -0.2) is 4.98 Å². The third-order valence-corrected chi connectivity index (χ3v) is 4.00. The molecule has 0 saturated carbocycles. The number of hydrogen-bond acceptors (Lipinski definition) is 5. The first-order valence-electron chi connectivity index (χ1n) is 8.09. The molecule has 1 aromatic heterocycles. The molecule has 1 aliphatic rings.